The monoisotopic (exact) mass is 345 g/mol. The van der Waals surface area contributed by atoms with Gasteiger partial charge < -0.3 is 14.8 Å². The van der Waals surface area contributed by atoms with E-state index in [1.165, 1.54) is 11.8 Å². The molecule has 0 N–H and O–H groups in total. The van der Waals surface area contributed by atoms with Crippen LogP contribution in [0.2, 0.25) is 0 Å². The first-order valence-electron chi connectivity index (χ1n) is 6.88. The van der Waals surface area contributed by atoms with Gasteiger partial charge in [0.1, 0.15) is 0 Å². The van der Waals surface area contributed by atoms with Gasteiger partial charge in [0.05, 0.1) is 17.5 Å². The number of hydrogen-bond donors (Lipinski definition) is 0. The highest BCUT2D eigenvalue weighted by Gasteiger charge is 2.48. The fourth-order valence-electron chi connectivity index (χ4n) is 2.53. The van der Waals surface area contributed by atoms with E-state index < -0.39 is 21.7 Å². The molecule has 0 bridgehead atoms. The van der Waals surface area contributed by atoms with Crippen LogP contribution in [0.15, 0.2) is 17.6 Å². The van der Waals surface area contributed by atoms with E-state index in [9.17, 15) is 23.1 Å². The van der Waals surface area contributed by atoms with Crippen molar-refractivity contribution in [3.8, 4) is 0 Å². The number of carbonyl (C=O) groups excluding carboxylic acids is 2. The van der Waals surface area contributed by atoms with Crippen LogP contribution in [0.5, 0.6) is 0 Å². The van der Waals surface area contributed by atoms with E-state index in [4.69, 9.17) is 0 Å². The van der Waals surface area contributed by atoms with Gasteiger partial charge in [0.15, 0.2) is 15.0 Å². The number of aliphatic imine (C=N–C) groups is 1. The number of amidine groups is 1. The molecule has 0 saturated carbocycles. The van der Waals surface area contributed by atoms with Crippen LogP contribution in [0.3, 0.4) is 0 Å². The molecular weight excluding hydrogens is 328 g/mol. The second kappa shape index (κ2) is 6.82. The van der Waals surface area contributed by atoms with Crippen molar-refractivity contribution in [2.75, 3.05) is 18.1 Å². The second-order valence-corrected chi connectivity index (χ2v) is 8.62. The average molecular weight is 345 g/mol. The maximum absolute atomic E-state index is 11.8. The maximum atomic E-state index is 11.8. The summed E-state index contributed by atoms with van der Waals surface area (Å²) in [6.45, 7) is 4.07. The van der Waals surface area contributed by atoms with Crippen LogP contribution < -0.4 is 5.11 Å². The van der Waals surface area contributed by atoms with E-state index in [0.29, 0.717) is 11.7 Å². The van der Waals surface area contributed by atoms with Crippen molar-refractivity contribution in [3.05, 3.63) is 12.7 Å². The number of hydrogen-bond acceptors (Lipinski definition) is 6. The summed E-state index contributed by atoms with van der Waals surface area (Å²) in [5, 5.41) is 10.7. The summed E-state index contributed by atoms with van der Waals surface area (Å²) in [5.41, 5.74) is 0. The molecule has 0 aromatic heterocycles. The highest BCUT2D eigenvalue weighted by atomic mass is 32.2. The average Bonchev–Trinajstić information content (AvgIpc) is 2.83. The minimum absolute atomic E-state index is 0.0353. The lowest BCUT2D eigenvalue weighted by atomic mass is 10.2. The molecule has 7 nitrogen and oxygen atoms in total. The Bertz CT molecular complexity index is 614. The van der Waals surface area contributed by atoms with Crippen LogP contribution in [0.25, 0.3) is 0 Å². The molecule has 2 heterocycles. The Kier molecular flexibility index (Phi) is 5.28. The Morgan fingerprint density at radius 1 is 1.41 bits per heavy atom. The number of thioether (sulfide) groups is 1. The Hall–Kier alpha value is -1.35. The van der Waals surface area contributed by atoms with Gasteiger partial charge in [-0.3, -0.25) is 4.79 Å². The molecule has 0 aromatic rings. The van der Waals surface area contributed by atoms with Crippen molar-refractivity contribution in [3.63, 3.8) is 0 Å². The largest absolute Gasteiger partial charge is 0.550 e. The van der Waals surface area contributed by atoms with Gasteiger partial charge >= 0.3 is 0 Å². The molecule has 2 atom stereocenters. The summed E-state index contributed by atoms with van der Waals surface area (Å²) < 4.78 is 23.4. The molecule has 2 rings (SSSR count). The summed E-state index contributed by atoms with van der Waals surface area (Å²) in [4.78, 5) is 27.9. The Balaban J connectivity index is 2.04. The molecule has 0 aromatic carbocycles. The zero-order chi connectivity index (χ0) is 16.3. The third-order valence-corrected chi connectivity index (χ3v) is 6.74. The minimum atomic E-state index is -3.04. The molecule has 9 heteroatoms. The number of carboxylic acids is 1. The normalized spacial score (nSPS) is 27.8. The Morgan fingerprint density at radius 2 is 2.14 bits per heavy atom. The lowest BCUT2D eigenvalue weighted by molar-refractivity contribution is -0.305. The first-order chi connectivity index (χ1) is 10.3. The lowest BCUT2D eigenvalue weighted by Crippen LogP contribution is -2.37. The molecule has 22 heavy (non-hydrogen) atoms. The predicted molar refractivity (Wildman–Crippen MR) is 82.0 cm³/mol. The molecule has 2 aliphatic rings. The standard InChI is InChI=1S/C13H18N2O5S2/c1-2-6-15-9-7-22(19,20)8-10(9)21-13(15)14-11(16)4-3-5-12(17)18/h2,9-10H,1,3-8H2,(H,17,18)/p-1/t9-,10-/m0/s1. The zero-order valence-electron chi connectivity index (χ0n) is 11.9. The van der Waals surface area contributed by atoms with Crippen LogP contribution in [-0.4, -0.2) is 59.7 Å². The van der Waals surface area contributed by atoms with Crippen LogP contribution in [0.1, 0.15) is 19.3 Å². The van der Waals surface area contributed by atoms with E-state index in [1.807, 2.05) is 0 Å². The third-order valence-electron chi connectivity index (χ3n) is 3.49. The molecule has 2 aliphatic heterocycles. The fraction of sp³-hybridized carbons (Fsp3) is 0.615. The van der Waals surface area contributed by atoms with Gasteiger partial charge in [-0.2, -0.15) is 4.99 Å². The van der Waals surface area contributed by atoms with Crippen molar-refractivity contribution >= 4 is 38.6 Å². The second-order valence-electron chi connectivity index (χ2n) is 5.26. The third kappa shape index (κ3) is 4.10. The van der Waals surface area contributed by atoms with Gasteiger partial charge in [-0.25, -0.2) is 8.42 Å². The number of aliphatic carboxylic acids is 1. The van der Waals surface area contributed by atoms with Crippen molar-refractivity contribution in [1.82, 2.24) is 4.90 Å². The smallest absolute Gasteiger partial charge is 0.248 e. The maximum Gasteiger partial charge on any atom is 0.248 e. The van der Waals surface area contributed by atoms with Gasteiger partial charge in [0.2, 0.25) is 5.91 Å². The van der Waals surface area contributed by atoms with Gasteiger partial charge in [0, 0.05) is 24.2 Å². The predicted octanol–water partition coefficient (Wildman–Crippen LogP) is -0.810. The summed E-state index contributed by atoms with van der Waals surface area (Å²) in [6.07, 6.45) is 1.69. The van der Waals surface area contributed by atoms with Crippen LogP contribution in [-0.2, 0) is 19.4 Å². The fourth-order valence-corrected chi connectivity index (χ4v) is 6.51. The van der Waals surface area contributed by atoms with Gasteiger partial charge in [-0.15, -0.1) is 6.58 Å². The van der Waals surface area contributed by atoms with E-state index in [-0.39, 0.29) is 42.1 Å². The highest BCUT2D eigenvalue weighted by molar-refractivity contribution is 8.15. The Morgan fingerprint density at radius 3 is 2.77 bits per heavy atom. The first-order valence-corrected chi connectivity index (χ1v) is 9.58. The summed E-state index contributed by atoms with van der Waals surface area (Å²) in [6, 6.07) is -0.178. The number of nitrogens with zero attached hydrogens (tertiary/aromatic N) is 2. The van der Waals surface area contributed by atoms with Crippen LogP contribution in [0.4, 0.5) is 0 Å². The van der Waals surface area contributed by atoms with Gasteiger partial charge in [0.25, 0.3) is 0 Å². The van der Waals surface area contributed by atoms with Crippen LogP contribution in [0, 0.1) is 0 Å². The topological polar surface area (TPSA) is 107 Å². The molecule has 0 spiro atoms. The zero-order valence-corrected chi connectivity index (χ0v) is 13.6. The summed E-state index contributed by atoms with van der Waals surface area (Å²) >= 11 is 1.30. The van der Waals surface area contributed by atoms with E-state index in [1.54, 1.807) is 11.0 Å². The molecule has 2 saturated heterocycles. The van der Waals surface area contributed by atoms with Gasteiger partial charge in [-0.05, 0) is 12.8 Å². The minimum Gasteiger partial charge on any atom is -0.550 e. The number of fused-ring (bicyclic) bond motifs is 1. The van der Waals surface area contributed by atoms with E-state index >= 15 is 0 Å². The van der Waals surface area contributed by atoms with E-state index in [0.717, 1.165) is 0 Å². The number of carbonyl (C=O) groups is 2. The molecule has 0 radical (unpaired) electrons. The molecule has 1 amide bonds. The molecule has 122 valence electrons. The number of carboxylic acid groups (broad SMARTS) is 1. The number of rotatable bonds is 6. The molecule has 0 unspecified atom stereocenters. The number of sulfone groups is 1. The summed E-state index contributed by atoms with van der Waals surface area (Å²) in [5.74, 6) is -1.44. The number of amides is 1. The molecular formula is C13H17N2O5S2-. The molecule has 0 aliphatic carbocycles. The van der Waals surface area contributed by atoms with Crippen LogP contribution >= 0.6 is 11.8 Å². The van der Waals surface area contributed by atoms with Crippen molar-refractivity contribution in [2.24, 2.45) is 4.99 Å². The van der Waals surface area contributed by atoms with E-state index in [2.05, 4.69) is 11.6 Å². The Labute approximate surface area is 133 Å². The van der Waals surface area contributed by atoms with Crippen molar-refractivity contribution < 1.29 is 23.1 Å². The SMILES string of the molecule is C=CCN1C(=NC(=O)CCCC(=O)[O-])S[C@H]2CS(=O)(=O)C[C@@H]21. The summed E-state index contributed by atoms with van der Waals surface area (Å²) in [7, 11) is -3.04. The molecule has 2 fully saturated rings. The van der Waals surface area contributed by atoms with Crippen molar-refractivity contribution in [1.29, 1.82) is 0 Å². The quantitative estimate of drug-likeness (QED) is 0.579. The highest BCUT2D eigenvalue weighted by Crippen LogP contribution is 2.38. The first kappa shape index (κ1) is 17.0. The lowest BCUT2D eigenvalue weighted by Gasteiger charge is -2.22. The van der Waals surface area contributed by atoms with Crippen molar-refractivity contribution in [2.45, 2.75) is 30.6 Å². The van der Waals surface area contributed by atoms with Gasteiger partial charge in [-0.1, -0.05) is 17.8 Å².